The number of nitrogens with zero attached hydrogens (tertiary/aromatic N) is 1. The Morgan fingerprint density at radius 2 is 1.78 bits per heavy atom. The molecule has 1 amide bonds. The smallest absolute Gasteiger partial charge is 0.270 e. The van der Waals surface area contributed by atoms with Crippen LogP contribution in [0.25, 0.3) is 0 Å². The Labute approximate surface area is 157 Å². The molecule has 0 unspecified atom stereocenters. The highest BCUT2D eigenvalue weighted by Crippen LogP contribution is 2.32. The lowest BCUT2D eigenvalue weighted by atomic mass is 10.2. The average molecular weight is 361 g/mol. The Kier molecular flexibility index (Phi) is 4.87. The summed E-state index contributed by atoms with van der Waals surface area (Å²) in [5, 5.41) is 6.15. The molecular weight excluding hydrogens is 342 g/mol. The van der Waals surface area contributed by atoms with Crippen LogP contribution in [-0.4, -0.2) is 17.7 Å². The lowest BCUT2D eigenvalue weighted by molar-refractivity contribution is 0.0946. The van der Waals surface area contributed by atoms with Crippen LogP contribution in [0, 0.1) is 0 Å². The van der Waals surface area contributed by atoms with Crippen molar-refractivity contribution in [2.24, 2.45) is 0 Å². The Bertz CT molecular complexity index is 927. The molecule has 1 aliphatic heterocycles. The summed E-state index contributed by atoms with van der Waals surface area (Å²) < 4.78 is 10.7. The summed E-state index contributed by atoms with van der Waals surface area (Å²) >= 11 is 0. The van der Waals surface area contributed by atoms with Gasteiger partial charge in [0.2, 0.25) is 6.79 Å². The molecule has 27 heavy (non-hydrogen) atoms. The molecule has 0 saturated carbocycles. The van der Waals surface area contributed by atoms with Crippen molar-refractivity contribution < 1.29 is 14.3 Å². The van der Waals surface area contributed by atoms with Crippen molar-refractivity contribution in [3.8, 4) is 11.5 Å². The zero-order valence-corrected chi connectivity index (χ0v) is 14.6. The standard InChI is InChI=1S/C21H19N3O3/c25-21(24-11-15-4-2-1-3-5-15)18-8-7-17(13-23-18)22-12-16-6-9-19-20(10-16)27-14-26-19/h1-10,13,22H,11-12,14H2,(H,24,25). The van der Waals surface area contributed by atoms with Gasteiger partial charge in [0, 0.05) is 13.1 Å². The quantitative estimate of drug-likeness (QED) is 0.704. The monoisotopic (exact) mass is 361 g/mol. The summed E-state index contributed by atoms with van der Waals surface area (Å²) in [5.74, 6) is 1.34. The lowest BCUT2D eigenvalue weighted by Gasteiger charge is -2.08. The van der Waals surface area contributed by atoms with Gasteiger partial charge in [-0.05, 0) is 35.4 Å². The third-order valence-electron chi connectivity index (χ3n) is 4.23. The fourth-order valence-corrected chi connectivity index (χ4v) is 2.76. The number of anilines is 1. The lowest BCUT2D eigenvalue weighted by Crippen LogP contribution is -2.23. The largest absolute Gasteiger partial charge is 0.454 e. The van der Waals surface area contributed by atoms with Crippen molar-refractivity contribution in [1.82, 2.24) is 10.3 Å². The second kappa shape index (κ2) is 7.78. The topological polar surface area (TPSA) is 72.5 Å². The van der Waals surface area contributed by atoms with E-state index in [1.807, 2.05) is 54.6 Å². The molecule has 4 rings (SSSR count). The fraction of sp³-hybridized carbons (Fsp3) is 0.143. The molecule has 136 valence electrons. The number of carbonyl (C=O) groups is 1. The first-order valence-electron chi connectivity index (χ1n) is 8.68. The summed E-state index contributed by atoms with van der Waals surface area (Å²) in [4.78, 5) is 16.4. The highest BCUT2D eigenvalue weighted by atomic mass is 16.7. The zero-order valence-electron chi connectivity index (χ0n) is 14.6. The van der Waals surface area contributed by atoms with Crippen molar-refractivity contribution in [1.29, 1.82) is 0 Å². The van der Waals surface area contributed by atoms with Crippen LogP contribution in [0.2, 0.25) is 0 Å². The predicted octanol–water partition coefficient (Wildman–Crippen LogP) is 3.35. The van der Waals surface area contributed by atoms with E-state index in [0.29, 0.717) is 18.8 Å². The maximum atomic E-state index is 12.2. The summed E-state index contributed by atoms with van der Waals surface area (Å²) in [6.07, 6.45) is 1.66. The van der Waals surface area contributed by atoms with Gasteiger partial charge < -0.3 is 20.1 Å². The van der Waals surface area contributed by atoms with E-state index in [4.69, 9.17) is 9.47 Å². The number of fused-ring (bicyclic) bond motifs is 1. The highest BCUT2D eigenvalue weighted by molar-refractivity contribution is 5.92. The first-order chi connectivity index (χ1) is 13.3. The molecule has 1 aliphatic rings. The highest BCUT2D eigenvalue weighted by Gasteiger charge is 2.13. The predicted molar refractivity (Wildman–Crippen MR) is 102 cm³/mol. The van der Waals surface area contributed by atoms with Crippen molar-refractivity contribution in [3.63, 3.8) is 0 Å². The van der Waals surface area contributed by atoms with Crippen molar-refractivity contribution in [3.05, 3.63) is 83.7 Å². The Morgan fingerprint density at radius 3 is 2.59 bits per heavy atom. The minimum atomic E-state index is -0.193. The van der Waals surface area contributed by atoms with Crippen LogP contribution >= 0.6 is 0 Å². The van der Waals surface area contributed by atoms with Gasteiger partial charge in [-0.1, -0.05) is 36.4 Å². The van der Waals surface area contributed by atoms with E-state index < -0.39 is 0 Å². The first-order valence-corrected chi connectivity index (χ1v) is 8.68. The Morgan fingerprint density at radius 1 is 0.926 bits per heavy atom. The van der Waals surface area contributed by atoms with Crippen molar-refractivity contribution in [2.75, 3.05) is 12.1 Å². The second-order valence-electron chi connectivity index (χ2n) is 6.14. The molecule has 2 aromatic carbocycles. The van der Waals surface area contributed by atoms with Gasteiger partial charge in [0.25, 0.3) is 5.91 Å². The van der Waals surface area contributed by atoms with Gasteiger partial charge in [-0.25, -0.2) is 4.98 Å². The van der Waals surface area contributed by atoms with Crippen molar-refractivity contribution >= 4 is 11.6 Å². The minimum Gasteiger partial charge on any atom is -0.454 e. The molecule has 0 atom stereocenters. The number of ether oxygens (including phenoxy) is 2. The second-order valence-corrected chi connectivity index (χ2v) is 6.14. The van der Waals surface area contributed by atoms with E-state index in [-0.39, 0.29) is 12.7 Å². The van der Waals surface area contributed by atoms with Gasteiger partial charge in [-0.3, -0.25) is 4.79 Å². The Hall–Kier alpha value is -3.54. The third-order valence-corrected chi connectivity index (χ3v) is 4.23. The average Bonchev–Trinajstić information content (AvgIpc) is 3.19. The molecule has 0 radical (unpaired) electrons. The van der Waals surface area contributed by atoms with E-state index in [1.54, 1.807) is 12.3 Å². The van der Waals surface area contributed by atoms with E-state index in [0.717, 1.165) is 28.3 Å². The number of hydrogen-bond acceptors (Lipinski definition) is 5. The summed E-state index contributed by atoms with van der Waals surface area (Å²) in [6, 6.07) is 19.2. The van der Waals surface area contributed by atoms with Crippen LogP contribution in [0.5, 0.6) is 11.5 Å². The van der Waals surface area contributed by atoms with Crippen LogP contribution in [0.3, 0.4) is 0 Å². The molecule has 0 aliphatic carbocycles. The number of benzene rings is 2. The molecule has 6 heteroatoms. The number of amides is 1. The fourth-order valence-electron chi connectivity index (χ4n) is 2.76. The van der Waals surface area contributed by atoms with Gasteiger partial charge in [0.05, 0.1) is 11.9 Å². The normalized spacial score (nSPS) is 11.9. The van der Waals surface area contributed by atoms with Gasteiger partial charge >= 0.3 is 0 Å². The van der Waals surface area contributed by atoms with Gasteiger partial charge in [-0.15, -0.1) is 0 Å². The van der Waals surface area contributed by atoms with Crippen LogP contribution in [-0.2, 0) is 13.1 Å². The number of aromatic nitrogens is 1. The zero-order chi connectivity index (χ0) is 18.5. The van der Waals surface area contributed by atoms with Crippen LogP contribution in [0.4, 0.5) is 5.69 Å². The summed E-state index contributed by atoms with van der Waals surface area (Å²) in [5.41, 5.74) is 3.35. The summed E-state index contributed by atoms with van der Waals surface area (Å²) in [6.45, 7) is 1.37. The molecular formula is C21H19N3O3. The van der Waals surface area contributed by atoms with Gasteiger partial charge in [-0.2, -0.15) is 0 Å². The molecule has 0 spiro atoms. The molecule has 0 fully saturated rings. The molecule has 0 bridgehead atoms. The van der Waals surface area contributed by atoms with E-state index in [9.17, 15) is 4.79 Å². The van der Waals surface area contributed by atoms with Gasteiger partial charge in [0.1, 0.15) is 5.69 Å². The van der Waals surface area contributed by atoms with E-state index in [1.165, 1.54) is 0 Å². The van der Waals surface area contributed by atoms with Crippen LogP contribution in [0.15, 0.2) is 66.9 Å². The number of pyridine rings is 1. The third kappa shape index (κ3) is 4.17. The van der Waals surface area contributed by atoms with Crippen molar-refractivity contribution in [2.45, 2.75) is 13.1 Å². The number of nitrogens with one attached hydrogen (secondary N) is 2. The molecule has 3 aromatic rings. The molecule has 2 heterocycles. The van der Waals surface area contributed by atoms with Gasteiger partial charge in [0.15, 0.2) is 11.5 Å². The molecule has 1 aromatic heterocycles. The first kappa shape index (κ1) is 16.9. The summed E-state index contributed by atoms with van der Waals surface area (Å²) in [7, 11) is 0. The minimum absolute atomic E-state index is 0.193. The SMILES string of the molecule is O=C(NCc1ccccc1)c1ccc(NCc2ccc3c(c2)OCO3)cn1. The number of hydrogen-bond donors (Lipinski definition) is 2. The molecule has 2 N–H and O–H groups in total. The van der Waals surface area contributed by atoms with Crippen LogP contribution in [0.1, 0.15) is 21.6 Å². The molecule has 6 nitrogen and oxygen atoms in total. The van der Waals surface area contributed by atoms with Crippen LogP contribution < -0.4 is 20.1 Å². The number of rotatable bonds is 6. The number of carbonyl (C=O) groups excluding carboxylic acids is 1. The molecule has 0 saturated heterocycles. The maximum absolute atomic E-state index is 12.2. The Balaban J connectivity index is 1.31. The maximum Gasteiger partial charge on any atom is 0.270 e. The van der Waals surface area contributed by atoms with E-state index >= 15 is 0 Å². The van der Waals surface area contributed by atoms with E-state index in [2.05, 4.69) is 15.6 Å².